The van der Waals surface area contributed by atoms with Crippen LogP contribution in [-0.2, 0) is 4.43 Å². The Morgan fingerprint density at radius 1 is 1.20 bits per heavy atom. The van der Waals surface area contributed by atoms with Crippen LogP contribution in [0.3, 0.4) is 0 Å². The third-order valence-electron chi connectivity index (χ3n) is 5.22. The molecule has 3 heteroatoms. The average Bonchev–Trinajstić information content (AvgIpc) is 2.69. The highest BCUT2D eigenvalue weighted by Crippen LogP contribution is 2.89. The predicted molar refractivity (Wildman–Crippen MR) is 71.4 cm³/mol. The fourth-order valence-corrected chi connectivity index (χ4v) is 10.6. The highest BCUT2D eigenvalue weighted by molar-refractivity contribution is 7.00. The molecule has 0 spiro atoms. The standard InChI is InChI=1S/C12H26OSi2/c1-10(2)12-8-15(12,9-12)13-11(3,4)14(5,6)7/h10H,8-9H2,1-7H3. The van der Waals surface area contributed by atoms with Gasteiger partial charge in [-0.15, -0.1) is 0 Å². The molecule has 0 aromatic carbocycles. The summed E-state index contributed by atoms with van der Waals surface area (Å²) in [5.74, 6) is 0.863. The molecule has 0 bridgehead atoms. The Labute approximate surface area is 96.7 Å². The van der Waals surface area contributed by atoms with Crippen molar-refractivity contribution < 1.29 is 4.43 Å². The van der Waals surface area contributed by atoms with Gasteiger partial charge in [-0.1, -0.05) is 33.5 Å². The van der Waals surface area contributed by atoms with Crippen molar-refractivity contribution in [3.8, 4) is 0 Å². The van der Waals surface area contributed by atoms with Crippen LogP contribution in [0.15, 0.2) is 0 Å². The zero-order valence-corrected chi connectivity index (χ0v) is 13.4. The van der Waals surface area contributed by atoms with Crippen molar-refractivity contribution in [2.24, 2.45) is 5.92 Å². The largest absolute Gasteiger partial charge is 0.414 e. The molecule has 0 amide bonds. The summed E-state index contributed by atoms with van der Waals surface area (Å²) < 4.78 is 6.64. The van der Waals surface area contributed by atoms with Gasteiger partial charge < -0.3 is 4.43 Å². The van der Waals surface area contributed by atoms with Crippen molar-refractivity contribution in [1.29, 1.82) is 0 Å². The molecule has 2 saturated heterocycles. The van der Waals surface area contributed by atoms with E-state index in [1.54, 1.807) is 0 Å². The molecular formula is C12H26OSi2. The summed E-state index contributed by atoms with van der Waals surface area (Å²) in [6.45, 7) is 16.7. The molecule has 1 nitrogen and oxygen atoms in total. The smallest absolute Gasteiger partial charge is 0.199 e. The molecule has 0 atom stereocenters. The number of hydrogen-bond acceptors (Lipinski definition) is 1. The second-order valence-corrected chi connectivity index (χ2v) is 17.1. The van der Waals surface area contributed by atoms with Crippen LogP contribution >= 0.6 is 0 Å². The Morgan fingerprint density at radius 2 is 1.67 bits per heavy atom. The van der Waals surface area contributed by atoms with Gasteiger partial charge >= 0.3 is 0 Å². The van der Waals surface area contributed by atoms with E-state index in [0.29, 0.717) is 0 Å². The molecule has 0 aliphatic carbocycles. The first-order chi connectivity index (χ1) is 6.56. The number of rotatable bonds is 4. The lowest BCUT2D eigenvalue weighted by Crippen LogP contribution is -2.51. The number of fused-ring (bicyclic) bond motifs is 1. The van der Waals surface area contributed by atoms with Gasteiger partial charge in [0.1, 0.15) is 0 Å². The summed E-state index contributed by atoms with van der Waals surface area (Å²) in [7, 11) is -2.35. The molecule has 2 aliphatic heterocycles. The predicted octanol–water partition coefficient (Wildman–Crippen LogP) is 4.03. The zero-order chi connectivity index (χ0) is 11.7. The molecule has 0 unspecified atom stereocenters. The molecule has 0 radical (unpaired) electrons. The van der Waals surface area contributed by atoms with E-state index in [-0.39, 0.29) is 5.22 Å². The molecule has 2 fully saturated rings. The van der Waals surface area contributed by atoms with Gasteiger partial charge in [0.05, 0.1) is 8.07 Å². The maximum absolute atomic E-state index is 6.64. The van der Waals surface area contributed by atoms with Crippen molar-refractivity contribution in [2.45, 2.75) is 69.7 Å². The minimum Gasteiger partial charge on any atom is -0.414 e. The number of hydrogen-bond donors (Lipinski definition) is 0. The van der Waals surface area contributed by atoms with Crippen LogP contribution < -0.4 is 0 Å². The minimum atomic E-state index is -1.18. The first-order valence-electron chi connectivity index (χ1n) is 6.27. The molecular weight excluding hydrogens is 216 g/mol. The summed E-state index contributed by atoms with van der Waals surface area (Å²) in [6.07, 6.45) is 0. The van der Waals surface area contributed by atoms with Crippen molar-refractivity contribution >= 4 is 16.4 Å². The van der Waals surface area contributed by atoms with E-state index >= 15 is 0 Å². The van der Waals surface area contributed by atoms with E-state index in [1.165, 1.54) is 12.1 Å². The van der Waals surface area contributed by atoms with E-state index in [9.17, 15) is 0 Å². The van der Waals surface area contributed by atoms with Gasteiger partial charge in [0.15, 0.2) is 8.32 Å². The van der Waals surface area contributed by atoms with Crippen molar-refractivity contribution in [3.05, 3.63) is 0 Å². The first-order valence-corrected chi connectivity index (χ1v) is 12.1. The van der Waals surface area contributed by atoms with E-state index < -0.39 is 16.4 Å². The third kappa shape index (κ3) is 1.50. The molecule has 0 N–H and O–H groups in total. The Balaban J connectivity index is 2.02. The Morgan fingerprint density at radius 3 is 1.93 bits per heavy atom. The van der Waals surface area contributed by atoms with Crippen molar-refractivity contribution in [3.63, 3.8) is 0 Å². The summed E-state index contributed by atoms with van der Waals surface area (Å²) in [5, 5.41) is 0.913. The molecule has 2 heterocycles. The highest BCUT2D eigenvalue weighted by Gasteiger charge is 2.89. The molecule has 0 aromatic rings. The van der Waals surface area contributed by atoms with Gasteiger partial charge in [-0.25, -0.2) is 0 Å². The maximum Gasteiger partial charge on any atom is 0.199 e. The summed E-state index contributed by atoms with van der Waals surface area (Å²) in [5.41, 5.74) is 0. The molecule has 88 valence electrons. The summed E-state index contributed by atoms with van der Waals surface area (Å²) in [6, 6.07) is 2.93. The van der Waals surface area contributed by atoms with E-state index in [4.69, 9.17) is 4.43 Å². The maximum atomic E-state index is 6.64. The van der Waals surface area contributed by atoms with Crippen LogP contribution in [-0.4, -0.2) is 21.6 Å². The minimum absolute atomic E-state index is 0.187. The van der Waals surface area contributed by atoms with Crippen LogP contribution in [0.5, 0.6) is 0 Å². The van der Waals surface area contributed by atoms with Gasteiger partial charge in [-0.2, -0.15) is 0 Å². The quantitative estimate of drug-likeness (QED) is 0.676. The zero-order valence-electron chi connectivity index (χ0n) is 11.4. The van der Waals surface area contributed by atoms with Crippen LogP contribution in [0.25, 0.3) is 0 Å². The lowest BCUT2D eigenvalue weighted by atomic mass is 10.0. The van der Waals surface area contributed by atoms with Crippen LogP contribution in [0.2, 0.25) is 36.8 Å². The fraction of sp³-hybridized carbons (Fsp3) is 1.00. The Hall–Kier alpha value is 0.394. The van der Waals surface area contributed by atoms with Crippen LogP contribution in [0.1, 0.15) is 27.7 Å². The second-order valence-electron chi connectivity index (χ2n) is 7.52. The molecule has 15 heavy (non-hydrogen) atoms. The van der Waals surface area contributed by atoms with Crippen LogP contribution in [0, 0.1) is 5.92 Å². The average molecular weight is 243 g/mol. The van der Waals surface area contributed by atoms with E-state index in [1.807, 2.05) is 0 Å². The van der Waals surface area contributed by atoms with Gasteiger partial charge in [0, 0.05) is 5.22 Å². The van der Waals surface area contributed by atoms with Gasteiger partial charge in [-0.3, -0.25) is 0 Å². The van der Waals surface area contributed by atoms with Gasteiger partial charge in [0.2, 0.25) is 0 Å². The van der Waals surface area contributed by atoms with Gasteiger partial charge in [0.25, 0.3) is 0 Å². The third-order valence-corrected chi connectivity index (χ3v) is 14.3. The molecule has 0 saturated carbocycles. The SMILES string of the molecule is CC(C)C12C[Si]1(OC(C)(C)[Si](C)(C)C)C2. The summed E-state index contributed by atoms with van der Waals surface area (Å²) >= 11 is 0. The molecule has 0 aromatic heterocycles. The monoisotopic (exact) mass is 242 g/mol. The molecule has 2 aliphatic rings. The lowest BCUT2D eigenvalue weighted by Gasteiger charge is -2.38. The summed E-state index contributed by atoms with van der Waals surface area (Å²) in [4.78, 5) is 0. The van der Waals surface area contributed by atoms with E-state index in [2.05, 4.69) is 47.3 Å². The highest BCUT2D eigenvalue weighted by atomic mass is 28.4. The van der Waals surface area contributed by atoms with Crippen LogP contribution in [0.4, 0.5) is 0 Å². The first kappa shape index (κ1) is 11.9. The van der Waals surface area contributed by atoms with Gasteiger partial charge in [-0.05, 0) is 36.9 Å². The van der Waals surface area contributed by atoms with E-state index in [0.717, 1.165) is 11.0 Å². The second kappa shape index (κ2) is 2.80. The molecule has 2 rings (SSSR count). The van der Waals surface area contributed by atoms with Crippen molar-refractivity contribution in [1.82, 2.24) is 0 Å². The topological polar surface area (TPSA) is 9.23 Å². The Bertz CT molecular complexity index is 282. The fourth-order valence-electron chi connectivity index (χ4n) is 2.63. The Kier molecular flexibility index (Phi) is 2.21. The van der Waals surface area contributed by atoms with Crippen molar-refractivity contribution in [2.75, 3.05) is 0 Å². The lowest BCUT2D eigenvalue weighted by molar-refractivity contribution is 0.187. The normalized spacial score (nSPS) is 39.2.